The van der Waals surface area contributed by atoms with Crippen LogP contribution in [0.1, 0.15) is 29.9 Å². The normalized spacial score (nSPS) is 10.9. The van der Waals surface area contributed by atoms with Crippen molar-refractivity contribution in [2.24, 2.45) is 0 Å². The standard InChI is InChI=1S/C16H15F2I/c17-14-7-3-12(4-8-14)16(2-1-11-19)13-5-9-15(18)10-6-13/h3-10,16H,1-2,11H2. The van der Waals surface area contributed by atoms with E-state index in [2.05, 4.69) is 22.6 Å². The zero-order valence-electron chi connectivity index (χ0n) is 10.5. The molecule has 0 amide bonds. The average molecular weight is 372 g/mol. The lowest BCUT2D eigenvalue weighted by molar-refractivity contribution is 0.622. The van der Waals surface area contributed by atoms with Crippen LogP contribution in [0.4, 0.5) is 8.78 Å². The van der Waals surface area contributed by atoms with Gasteiger partial charge in [-0.25, -0.2) is 8.78 Å². The molecular weight excluding hydrogens is 357 g/mol. The molecule has 0 N–H and O–H groups in total. The lowest BCUT2D eigenvalue weighted by atomic mass is 9.88. The predicted molar refractivity (Wildman–Crippen MR) is 82.8 cm³/mol. The number of hydrogen-bond acceptors (Lipinski definition) is 0. The quantitative estimate of drug-likeness (QED) is 0.493. The first-order valence-electron chi connectivity index (χ1n) is 6.27. The molecule has 0 radical (unpaired) electrons. The third-order valence-electron chi connectivity index (χ3n) is 3.17. The SMILES string of the molecule is Fc1ccc(C(CCCI)c2ccc(F)cc2)cc1. The van der Waals surface area contributed by atoms with Crippen LogP contribution in [0.25, 0.3) is 0 Å². The highest BCUT2D eigenvalue weighted by molar-refractivity contribution is 14.1. The van der Waals surface area contributed by atoms with Gasteiger partial charge in [0.05, 0.1) is 0 Å². The molecule has 0 atom stereocenters. The van der Waals surface area contributed by atoms with Gasteiger partial charge in [-0.2, -0.15) is 0 Å². The highest BCUT2D eigenvalue weighted by atomic mass is 127. The van der Waals surface area contributed by atoms with Gasteiger partial charge in [0.25, 0.3) is 0 Å². The first-order chi connectivity index (χ1) is 9.20. The fraction of sp³-hybridized carbons (Fsp3) is 0.250. The van der Waals surface area contributed by atoms with Crippen LogP contribution in [0.2, 0.25) is 0 Å². The second-order valence-corrected chi connectivity index (χ2v) is 5.57. The van der Waals surface area contributed by atoms with Gasteiger partial charge >= 0.3 is 0 Å². The van der Waals surface area contributed by atoms with Gasteiger partial charge in [0.1, 0.15) is 11.6 Å². The molecule has 0 nitrogen and oxygen atoms in total. The van der Waals surface area contributed by atoms with Gasteiger partial charge in [-0.05, 0) is 52.7 Å². The predicted octanol–water partition coefficient (Wildman–Crippen LogP) is 5.31. The fourth-order valence-electron chi connectivity index (χ4n) is 2.20. The van der Waals surface area contributed by atoms with Crippen LogP contribution in [0, 0.1) is 11.6 Å². The molecular formula is C16H15F2I. The molecule has 3 heteroatoms. The summed E-state index contributed by atoms with van der Waals surface area (Å²) in [6, 6.07) is 13.2. The van der Waals surface area contributed by atoms with Crippen LogP contribution in [0.3, 0.4) is 0 Å². The zero-order chi connectivity index (χ0) is 13.7. The monoisotopic (exact) mass is 372 g/mol. The second kappa shape index (κ2) is 6.98. The fourth-order valence-corrected chi connectivity index (χ4v) is 2.64. The van der Waals surface area contributed by atoms with E-state index in [0.717, 1.165) is 28.4 Å². The van der Waals surface area contributed by atoms with Crippen molar-refractivity contribution >= 4 is 22.6 Å². The van der Waals surface area contributed by atoms with E-state index in [1.165, 1.54) is 24.3 Å². The Bertz CT molecular complexity index is 460. The summed E-state index contributed by atoms with van der Waals surface area (Å²) in [4.78, 5) is 0. The maximum atomic E-state index is 13.0. The molecule has 0 spiro atoms. The summed E-state index contributed by atoms with van der Waals surface area (Å²) in [6.45, 7) is 0. The van der Waals surface area contributed by atoms with E-state index < -0.39 is 0 Å². The first-order valence-corrected chi connectivity index (χ1v) is 7.80. The van der Waals surface area contributed by atoms with E-state index in [1.54, 1.807) is 0 Å². The van der Waals surface area contributed by atoms with Crippen molar-refractivity contribution in [3.8, 4) is 0 Å². The number of benzene rings is 2. The Kier molecular flexibility index (Phi) is 5.31. The summed E-state index contributed by atoms with van der Waals surface area (Å²) in [5, 5.41) is 0. The zero-order valence-corrected chi connectivity index (χ0v) is 12.6. The summed E-state index contributed by atoms with van der Waals surface area (Å²) in [6.07, 6.45) is 2.07. The molecule has 19 heavy (non-hydrogen) atoms. The van der Waals surface area contributed by atoms with Gasteiger partial charge in [0.15, 0.2) is 0 Å². The second-order valence-electron chi connectivity index (χ2n) is 4.49. The van der Waals surface area contributed by atoms with E-state index in [9.17, 15) is 8.78 Å². The summed E-state index contributed by atoms with van der Waals surface area (Å²) < 4.78 is 27.1. The lowest BCUT2D eigenvalue weighted by Gasteiger charge is -2.17. The minimum atomic E-state index is -0.226. The van der Waals surface area contributed by atoms with E-state index in [-0.39, 0.29) is 17.6 Å². The highest BCUT2D eigenvalue weighted by Gasteiger charge is 2.14. The number of hydrogen-bond donors (Lipinski definition) is 0. The third kappa shape index (κ3) is 4.00. The number of halogens is 3. The van der Waals surface area contributed by atoms with E-state index in [1.807, 2.05) is 24.3 Å². The summed E-state index contributed by atoms with van der Waals surface area (Å²) >= 11 is 2.35. The Hall–Kier alpha value is -0.970. The molecule has 0 aliphatic rings. The Morgan fingerprint density at radius 3 is 1.58 bits per heavy atom. The van der Waals surface area contributed by atoms with Crippen molar-refractivity contribution in [2.45, 2.75) is 18.8 Å². The lowest BCUT2D eigenvalue weighted by Crippen LogP contribution is -2.02. The molecule has 0 saturated heterocycles. The van der Waals surface area contributed by atoms with Gasteiger partial charge in [-0.1, -0.05) is 46.9 Å². The molecule has 2 rings (SSSR count). The van der Waals surface area contributed by atoms with Crippen molar-refractivity contribution in [1.29, 1.82) is 0 Å². The Morgan fingerprint density at radius 2 is 1.21 bits per heavy atom. The van der Waals surface area contributed by atoms with Gasteiger partial charge in [-0.15, -0.1) is 0 Å². The Labute approximate surface area is 126 Å². The van der Waals surface area contributed by atoms with Gasteiger partial charge < -0.3 is 0 Å². The largest absolute Gasteiger partial charge is 0.207 e. The van der Waals surface area contributed by atoms with Crippen molar-refractivity contribution in [2.75, 3.05) is 4.43 Å². The van der Waals surface area contributed by atoms with Gasteiger partial charge in [0.2, 0.25) is 0 Å². The maximum Gasteiger partial charge on any atom is 0.123 e. The molecule has 0 aliphatic heterocycles. The molecule has 0 aliphatic carbocycles. The summed E-state index contributed by atoms with van der Waals surface area (Å²) in [5.74, 6) is -0.248. The Balaban J connectivity index is 2.29. The molecule has 0 fully saturated rings. The smallest absolute Gasteiger partial charge is 0.123 e. The molecule has 0 aromatic heterocycles. The van der Waals surface area contributed by atoms with Crippen LogP contribution in [-0.4, -0.2) is 4.43 Å². The van der Waals surface area contributed by atoms with Crippen LogP contribution in [0.5, 0.6) is 0 Å². The van der Waals surface area contributed by atoms with Crippen molar-refractivity contribution in [3.05, 3.63) is 71.3 Å². The minimum Gasteiger partial charge on any atom is -0.207 e. The molecule has 0 bridgehead atoms. The van der Waals surface area contributed by atoms with Crippen LogP contribution < -0.4 is 0 Å². The van der Waals surface area contributed by atoms with E-state index in [0.29, 0.717) is 0 Å². The maximum absolute atomic E-state index is 13.0. The molecule has 0 heterocycles. The number of rotatable bonds is 5. The van der Waals surface area contributed by atoms with E-state index in [4.69, 9.17) is 0 Å². The van der Waals surface area contributed by atoms with Crippen LogP contribution in [-0.2, 0) is 0 Å². The minimum absolute atomic E-state index is 0.205. The van der Waals surface area contributed by atoms with Gasteiger partial charge in [-0.3, -0.25) is 0 Å². The molecule has 0 saturated carbocycles. The molecule has 0 unspecified atom stereocenters. The molecule has 100 valence electrons. The highest BCUT2D eigenvalue weighted by Crippen LogP contribution is 2.29. The first kappa shape index (κ1) is 14.4. The summed E-state index contributed by atoms with van der Waals surface area (Å²) in [7, 11) is 0. The Morgan fingerprint density at radius 1 is 0.789 bits per heavy atom. The molecule has 2 aromatic carbocycles. The topological polar surface area (TPSA) is 0 Å². The average Bonchev–Trinajstić information content (AvgIpc) is 2.43. The van der Waals surface area contributed by atoms with Crippen molar-refractivity contribution in [3.63, 3.8) is 0 Å². The molecule has 2 aromatic rings. The van der Waals surface area contributed by atoms with Crippen LogP contribution in [0.15, 0.2) is 48.5 Å². The van der Waals surface area contributed by atoms with Crippen molar-refractivity contribution in [1.82, 2.24) is 0 Å². The third-order valence-corrected chi connectivity index (χ3v) is 3.93. The van der Waals surface area contributed by atoms with E-state index >= 15 is 0 Å². The van der Waals surface area contributed by atoms with Crippen molar-refractivity contribution < 1.29 is 8.78 Å². The van der Waals surface area contributed by atoms with Crippen LogP contribution >= 0.6 is 22.6 Å². The van der Waals surface area contributed by atoms with Gasteiger partial charge in [0, 0.05) is 5.92 Å². The summed E-state index contributed by atoms with van der Waals surface area (Å²) in [5.41, 5.74) is 2.16. The number of alkyl halides is 1.